The van der Waals surface area contributed by atoms with Crippen LogP contribution in [0.3, 0.4) is 0 Å². The summed E-state index contributed by atoms with van der Waals surface area (Å²) >= 11 is 0. The van der Waals surface area contributed by atoms with Gasteiger partial charge in [-0.1, -0.05) is 6.07 Å². The fourth-order valence-electron chi connectivity index (χ4n) is 6.54. The Bertz CT molecular complexity index is 1860. The van der Waals surface area contributed by atoms with Gasteiger partial charge in [0.2, 0.25) is 11.7 Å². The maximum Gasteiger partial charge on any atom is 0.323 e. The maximum absolute atomic E-state index is 13.5. The van der Waals surface area contributed by atoms with Gasteiger partial charge < -0.3 is 35.4 Å². The molecule has 12 heteroatoms. The lowest BCUT2D eigenvalue weighted by Gasteiger charge is -2.38. The lowest BCUT2D eigenvalue weighted by molar-refractivity contribution is -0.136. The zero-order valence-corrected chi connectivity index (χ0v) is 26.7. The van der Waals surface area contributed by atoms with E-state index in [0.29, 0.717) is 29.2 Å². The van der Waals surface area contributed by atoms with Gasteiger partial charge in [-0.2, -0.15) is 0 Å². The number of piperidine rings is 1. The number of nitrogens with one attached hydrogen (secondary N) is 3. The van der Waals surface area contributed by atoms with E-state index in [-0.39, 0.29) is 29.5 Å². The van der Waals surface area contributed by atoms with Crippen molar-refractivity contribution in [3.8, 4) is 5.75 Å². The minimum absolute atomic E-state index is 0.0470. The number of carbonyl (C=O) groups is 3. The van der Waals surface area contributed by atoms with E-state index in [9.17, 15) is 14.4 Å². The summed E-state index contributed by atoms with van der Waals surface area (Å²) in [6.07, 6.45) is 14.1. The molecule has 244 valence electrons. The first-order valence-corrected chi connectivity index (χ1v) is 15.9. The van der Waals surface area contributed by atoms with Gasteiger partial charge in [0.1, 0.15) is 11.9 Å². The number of benzene rings is 1. The van der Waals surface area contributed by atoms with Crippen LogP contribution >= 0.6 is 0 Å². The molecular formula is C36H36N8O4. The number of carbonyl (C=O) groups excluding carboxylic acids is 3. The van der Waals surface area contributed by atoms with Gasteiger partial charge >= 0.3 is 6.03 Å². The van der Waals surface area contributed by atoms with Gasteiger partial charge in [0.25, 0.3) is 0 Å². The van der Waals surface area contributed by atoms with E-state index < -0.39 is 6.03 Å². The number of amides is 3. The first-order chi connectivity index (χ1) is 23.3. The highest BCUT2D eigenvalue weighted by Gasteiger charge is 2.36. The van der Waals surface area contributed by atoms with Crippen LogP contribution in [0.4, 0.5) is 16.2 Å². The quantitative estimate of drug-likeness (QED) is 0.319. The average molecular weight is 645 g/mol. The minimum Gasteiger partial charge on any atom is -0.452 e. The molecular weight excluding hydrogens is 608 g/mol. The summed E-state index contributed by atoms with van der Waals surface area (Å²) < 4.78 is 6.03. The molecule has 1 fully saturated rings. The van der Waals surface area contributed by atoms with Gasteiger partial charge in [-0.3, -0.25) is 19.6 Å². The molecule has 2 aromatic heterocycles. The van der Waals surface area contributed by atoms with E-state index in [4.69, 9.17) is 4.74 Å². The fraction of sp³-hybridized carbons (Fsp3) is 0.250. The normalized spacial score (nSPS) is 19.4. The molecule has 0 bridgehead atoms. The topological polar surface area (TPSA) is 132 Å². The van der Waals surface area contributed by atoms with Crippen molar-refractivity contribution < 1.29 is 19.1 Å². The van der Waals surface area contributed by atoms with E-state index in [1.54, 1.807) is 59.9 Å². The van der Waals surface area contributed by atoms with Crippen molar-refractivity contribution in [2.45, 2.75) is 25.6 Å². The maximum atomic E-state index is 13.5. The number of aromatic nitrogens is 2. The van der Waals surface area contributed by atoms with Crippen LogP contribution in [0.15, 0.2) is 114 Å². The van der Waals surface area contributed by atoms with Crippen molar-refractivity contribution in [2.24, 2.45) is 5.92 Å². The number of urea groups is 1. The number of nitrogens with zero attached hydrogens (tertiary/aromatic N) is 5. The molecule has 4 aliphatic rings. The highest BCUT2D eigenvalue weighted by molar-refractivity contribution is 6.13. The second-order valence-electron chi connectivity index (χ2n) is 12.2. The summed E-state index contributed by atoms with van der Waals surface area (Å²) in [5.74, 6) is 0.484. The fourth-order valence-corrected chi connectivity index (χ4v) is 6.54. The molecule has 3 amide bonds. The molecule has 12 nitrogen and oxygen atoms in total. The third-order valence-corrected chi connectivity index (χ3v) is 8.92. The number of anilines is 2. The minimum atomic E-state index is -0.447. The number of hydrogen-bond acceptors (Lipinski definition) is 9. The van der Waals surface area contributed by atoms with Gasteiger partial charge in [-0.25, -0.2) is 4.79 Å². The first-order valence-electron chi connectivity index (χ1n) is 15.9. The second kappa shape index (κ2) is 13.1. The number of ketones is 1. The monoisotopic (exact) mass is 644 g/mol. The number of fused-ring (bicyclic) bond motifs is 2. The molecule has 4 aliphatic heterocycles. The first kappa shape index (κ1) is 30.7. The largest absolute Gasteiger partial charge is 0.452 e. The van der Waals surface area contributed by atoms with Gasteiger partial charge in [-0.15, -0.1) is 0 Å². The van der Waals surface area contributed by atoms with Crippen LogP contribution in [0.2, 0.25) is 0 Å². The molecule has 0 saturated carbocycles. The van der Waals surface area contributed by atoms with Crippen LogP contribution in [0.5, 0.6) is 5.75 Å². The summed E-state index contributed by atoms with van der Waals surface area (Å²) in [5.41, 5.74) is 5.24. The number of Topliss-reactive ketones (excluding diaryl/α,β-unsaturated/α-hetero) is 1. The van der Waals surface area contributed by atoms with Crippen molar-refractivity contribution in [2.75, 3.05) is 37.8 Å². The summed E-state index contributed by atoms with van der Waals surface area (Å²) in [6, 6.07) is 13.7. The molecule has 0 spiro atoms. The Morgan fingerprint density at radius 2 is 1.92 bits per heavy atom. The molecule has 1 aromatic carbocycles. The summed E-state index contributed by atoms with van der Waals surface area (Å²) in [6.45, 7) is 1.97. The molecule has 0 radical (unpaired) electrons. The molecule has 1 saturated heterocycles. The molecule has 48 heavy (non-hydrogen) atoms. The SMILES string of the molecule is CN(Cc1ccccn1)C(=O)C1CCN(C2=C3C(/C=C4\Oc5ccc(NC(=O)Nc6cccnc6)cc5C4=O)=CN(C)C3NC=C2)CC1. The van der Waals surface area contributed by atoms with Crippen molar-refractivity contribution >= 4 is 29.1 Å². The van der Waals surface area contributed by atoms with E-state index in [0.717, 1.165) is 48.5 Å². The van der Waals surface area contributed by atoms with E-state index >= 15 is 0 Å². The number of allylic oxidation sites excluding steroid dienone is 3. The van der Waals surface area contributed by atoms with E-state index in [2.05, 4.69) is 41.8 Å². The van der Waals surface area contributed by atoms with Crippen molar-refractivity contribution in [3.63, 3.8) is 0 Å². The van der Waals surface area contributed by atoms with Gasteiger partial charge in [0.05, 0.1) is 29.7 Å². The Kier molecular flexibility index (Phi) is 8.37. The lowest BCUT2D eigenvalue weighted by atomic mass is 9.93. The molecule has 1 atom stereocenters. The van der Waals surface area contributed by atoms with Crippen LogP contribution in [0, 0.1) is 5.92 Å². The average Bonchev–Trinajstić information content (AvgIpc) is 3.60. The number of dihydropyridines is 1. The lowest BCUT2D eigenvalue weighted by Crippen LogP contribution is -2.44. The predicted octanol–water partition coefficient (Wildman–Crippen LogP) is 4.48. The second-order valence-corrected chi connectivity index (χ2v) is 12.2. The molecule has 3 N–H and O–H groups in total. The number of hydrogen-bond donors (Lipinski definition) is 3. The highest BCUT2D eigenvalue weighted by atomic mass is 16.5. The van der Waals surface area contributed by atoms with Crippen LogP contribution in [-0.4, -0.2) is 75.7 Å². The van der Waals surface area contributed by atoms with Crippen LogP contribution in [0.1, 0.15) is 28.9 Å². The zero-order chi connectivity index (χ0) is 33.2. The molecule has 6 heterocycles. The predicted molar refractivity (Wildman–Crippen MR) is 180 cm³/mol. The Labute approximate surface area is 278 Å². The smallest absolute Gasteiger partial charge is 0.323 e. The van der Waals surface area contributed by atoms with Crippen LogP contribution < -0.4 is 20.7 Å². The summed E-state index contributed by atoms with van der Waals surface area (Å²) in [4.78, 5) is 53.8. The zero-order valence-electron chi connectivity index (χ0n) is 26.7. The van der Waals surface area contributed by atoms with Crippen LogP contribution in [0.25, 0.3) is 0 Å². The Balaban J connectivity index is 1.04. The Morgan fingerprint density at radius 1 is 1.08 bits per heavy atom. The molecule has 3 aromatic rings. The Hall–Kier alpha value is -5.91. The van der Waals surface area contributed by atoms with Crippen LogP contribution in [-0.2, 0) is 11.3 Å². The van der Waals surface area contributed by atoms with Crippen molar-refractivity contribution in [1.82, 2.24) is 30.0 Å². The van der Waals surface area contributed by atoms with E-state index in [1.807, 2.05) is 44.7 Å². The number of ether oxygens (including phenoxy) is 1. The van der Waals surface area contributed by atoms with E-state index in [1.165, 1.54) is 0 Å². The third kappa shape index (κ3) is 6.24. The van der Waals surface area contributed by atoms with Gasteiger partial charge in [0, 0.05) is 80.4 Å². The van der Waals surface area contributed by atoms with Gasteiger partial charge in [-0.05, 0) is 67.5 Å². The molecule has 1 unspecified atom stereocenters. The summed E-state index contributed by atoms with van der Waals surface area (Å²) in [7, 11) is 3.83. The van der Waals surface area contributed by atoms with Crippen molar-refractivity contribution in [3.05, 3.63) is 126 Å². The number of likely N-dealkylation sites (tertiary alicyclic amines) is 1. The number of likely N-dealkylation sites (N-methyl/N-ethyl adjacent to an activating group) is 1. The Morgan fingerprint density at radius 3 is 2.69 bits per heavy atom. The van der Waals surface area contributed by atoms with Crippen molar-refractivity contribution in [1.29, 1.82) is 0 Å². The molecule has 0 aliphatic carbocycles. The molecule has 7 rings (SSSR count). The summed E-state index contributed by atoms with van der Waals surface area (Å²) in [5, 5.41) is 8.91. The third-order valence-electron chi connectivity index (χ3n) is 8.92. The number of pyridine rings is 2. The standard InChI is InChI=1S/C36H36N8O4/c1-42-21-24(18-31-33(45)28-19-25(8-9-30(28)48-31)40-36(47)41-26-7-5-13-37-20-26)32-29(10-15-39-34(32)42)44-16-11-23(12-17-44)35(46)43(2)22-27-6-3-4-14-38-27/h3-10,13-15,18-21,23,34,39H,11-12,16-17,22H2,1-2H3,(H2,40,41,47)/b31-18-. The number of rotatable bonds is 7. The van der Waals surface area contributed by atoms with Gasteiger partial charge in [0.15, 0.2) is 5.76 Å². The highest BCUT2D eigenvalue weighted by Crippen LogP contribution is 2.38.